The molecule has 16 heavy (non-hydrogen) atoms. The minimum absolute atomic E-state index is 0.599. The summed E-state index contributed by atoms with van der Waals surface area (Å²) in [6.45, 7) is 3.81. The van der Waals surface area contributed by atoms with Crippen LogP contribution in [0.2, 0.25) is 0 Å². The molecule has 0 spiro atoms. The van der Waals surface area contributed by atoms with Crippen molar-refractivity contribution in [2.45, 2.75) is 37.6 Å². The zero-order valence-corrected chi connectivity index (χ0v) is 10.1. The molecule has 1 aliphatic carbocycles. The molecule has 2 unspecified atom stereocenters. The Labute approximate surface area is 98.6 Å². The molecule has 1 nitrogen and oxygen atoms in total. The van der Waals surface area contributed by atoms with Crippen molar-refractivity contribution in [2.75, 3.05) is 7.05 Å². The Morgan fingerprint density at radius 2 is 2.31 bits per heavy atom. The van der Waals surface area contributed by atoms with Crippen molar-refractivity contribution >= 4 is 0 Å². The van der Waals surface area contributed by atoms with Gasteiger partial charge in [-0.25, -0.2) is 0 Å². The number of rotatable bonds is 5. The van der Waals surface area contributed by atoms with Gasteiger partial charge in [-0.1, -0.05) is 30.3 Å². The second-order valence-electron chi connectivity index (χ2n) is 4.61. The molecule has 1 N–H and O–H groups in total. The largest absolute Gasteiger partial charge is 0.316 e. The Morgan fingerprint density at radius 1 is 1.50 bits per heavy atom. The number of hydrogen-bond acceptors (Lipinski definition) is 1. The van der Waals surface area contributed by atoms with Crippen LogP contribution in [-0.4, -0.2) is 13.1 Å². The molecule has 0 aliphatic heterocycles. The number of allylic oxidation sites excluding steroid dienone is 1. The Bertz CT molecular complexity index is 356. The van der Waals surface area contributed by atoms with Gasteiger partial charge in [-0.15, -0.1) is 6.58 Å². The highest BCUT2D eigenvalue weighted by Crippen LogP contribution is 2.36. The summed E-state index contributed by atoms with van der Waals surface area (Å²) in [6.07, 6.45) is 6.85. The van der Waals surface area contributed by atoms with E-state index in [-0.39, 0.29) is 0 Å². The fraction of sp³-hybridized carbons (Fsp3) is 0.467. The van der Waals surface area contributed by atoms with E-state index in [0.717, 1.165) is 6.42 Å². The predicted octanol–water partition coefficient (Wildman–Crippen LogP) is 3.27. The Kier molecular flexibility index (Phi) is 3.79. The summed E-state index contributed by atoms with van der Waals surface area (Å²) in [5.74, 6) is 0.696. The highest BCUT2D eigenvalue weighted by Gasteiger charge is 2.27. The lowest BCUT2D eigenvalue weighted by Crippen LogP contribution is -2.30. The van der Waals surface area contributed by atoms with Crippen molar-refractivity contribution in [1.29, 1.82) is 0 Å². The number of aryl methyl sites for hydroxylation is 1. The van der Waals surface area contributed by atoms with Gasteiger partial charge in [0.25, 0.3) is 0 Å². The summed E-state index contributed by atoms with van der Waals surface area (Å²) in [7, 11) is 2.08. The van der Waals surface area contributed by atoms with Gasteiger partial charge in [0.1, 0.15) is 0 Å². The van der Waals surface area contributed by atoms with E-state index in [1.54, 1.807) is 11.1 Å². The molecule has 0 aromatic heterocycles. The molecule has 0 fully saturated rings. The lowest BCUT2D eigenvalue weighted by Gasteiger charge is -2.23. The van der Waals surface area contributed by atoms with Crippen LogP contribution in [0.5, 0.6) is 0 Å². The molecule has 1 heteroatoms. The van der Waals surface area contributed by atoms with Crippen LogP contribution in [-0.2, 0) is 6.42 Å². The van der Waals surface area contributed by atoms with Gasteiger partial charge in [0.2, 0.25) is 0 Å². The molecule has 1 aromatic carbocycles. The number of likely N-dealkylation sites (N-methyl/N-ethyl adjacent to an activating group) is 1. The van der Waals surface area contributed by atoms with E-state index >= 15 is 0 Å². The van der Waals surface area contributed by atoms with Crippen LogP contribution in [0.3, 0.4) is 0 Å². The van der Waals surface area contributed by atoms with Gasteiger partial charge in [0.05, 0.1) is 0 Å². The second-order valence-corrected chi connectivity index (χ2v) is 4.61. The van der Waals surface area contributed by atoms with Crippen LogP contribution in [0.25, 0.3) is 0 Å². The lowest BCUT2D eigenvalue weighted by molar-refractivity contribution is 0.435. The third-order valence-electron chi connectivity index (χ3n) is 3.72. The molecule has 1 aliphatic rings. The molecule has 0 heterocycles. The van der Waals surface area contributed by atoms with Crippen molar-refractivity contribution < 1.29 is 0 Å². The van der Waals surface area contributed by atoms with E-state index < -0.39 is 0 Å². The molecule has 2 atom stereocenters. The normalized spacial score (nSPS) is 20.4. The molecule has 2 rings (SSSR count). The first-order chi connectivity index (χ1) is 7.86. The minimum Gasteiger partial charge on any atom is -0.316 e. The maximum atomic E-state index is 3.81. The summed E-state index contributed by atoms with van der Waals surface area (Å²) in [6, 6.07) is 9.49. The van der Waals surface area contributed by atoms with Crippen LogP contribution < -0.4 is 5.32 Å². The molecule has 0 amide bonds. The molecule has 1 aromatic rings. The number of fused-ring (bicyclic) bond motifs is 1. The van der Waals surface area contributed by atoms with Crippen LogP contribution >= 0.6 is 0 Å². The second kappa shape index (κ2) is 5.31. The first-order valence-electron chi connectivity index (χ1n) is 6.22. The third-order valence-corrected chi connectivity index (χ3v) is 3.72. The Balaban J connectivity index is 2.13. The topological polar surface area (TPSA) is 12.0 Å². The molecular weight excluding hydrogens is 194 g/mol. The maximum Gasteiger partial charge on any atom is 0.0136 e. The van der Waals surface area contributed by atoms with Crippen molar-refractivity contribution in [1.82, 2.24) is 5.32 Å². The van der Waals surface area contributed by atoms with E-state index in [4.69, 9.17) is 0 Å². The van der Waals surface area contributed by atoms with Crippen LogP contribution in [0, 0.1) is 0 Å². The molecular formula is C15H21N. The molecule has 0 radical (unpaired) electrons. The fourth-order valence-corrected chi connectivity index (χ4v) is 2.85. The predicted molar refractivity (Wildman–Crippen MR) is 69.8 cm³/mol. The van der Waals surface area contributed by atoms with Crippen LogP contribution in [0.4, 0.5) is 0 Å². The zero-order valence-electron chi connectivity index (χ0n) is 10.1. The van der Waals surface area contributed by atoms with Crippen molar-refractivity contribution in [3.05, 3.63) is 48.0 Å². The SMILES string of the molecule is C=CCCC(NC)C1CCc2ccccc21. The van der Waals surface area contributed by atoms with Gasteiger partial charge < -0.3 is 5.32 Å². The maximum absolute atomic E-state index is 3.81. The highest BCUT2D eigenvalue weighted by molar-refractivity contribution is 5.36. The van der Waals surface area contributed by atoms with E-state index in [9.17, 15) is 0 Å². The number of benzene rings is 1. The molecule has 0 bridgehead atoms. The summed E-state index contributed by atoms with van der Waals surface area (Å²) in [5.41, 5.74) is 3.11. The Morgan fingerprint density at radius 3 is 3.06 bits per heavy atom. The molecule has 0 saturated heterocycles. The number of hydrogen-bond donors (Lipinski definition) is 1. The van der Waals surface area contributed by atoms with Gasteiger partial charge in [0.15, 0.2) is 0 Å². The van der Waals surface area contributed by atoms with Gasteiger partial charge >= 0.3 is 0 Å². The van der Waals surface area contributed by atoms with E-state index in [1.165, 1.54) is 19.3 Å². The number of nitrogens with one attached hydrogen (secondary N) is 1. The molecule has 0 saturated carbocycles. The fourth-order valence-electron chi connectivity index (χ4n) is 2.85. The van der Waals surface area contributed by atoms with Crippen molar-refractivity contribution in [3.8, 4) is 0 Å². The summed E-state index contributed by atoms with van der Waals surface area (Å²) in [4.78, 5) is 0. The van der Waals surface area contributed by atoms with E-state index in [1.807, 2.05) is 6.08 Å². The van der Waals surface area contributed by atoms with Gasteiger partial charge in [-0.05, 0) is 49.8 Å². The summed E-state index contributed by atoms with van der Waals surface area (Å²) < 4.78 is 0. The first kappa shape index (κ1) is 11.4. The summed E-state index contributed by atoms with van der Waals surface area (Å²) >= 11 is 0. The van der Waals surface area contributed by atoms with Crippen LogP contribution in [0.1, 0.15) is 36.3 Å². The molecule has 86 valence electrons. The van der Waals surface area contributed by atoms with E-state index in [0.29, 0.717) is 12.0 Å². The zero-order chi connectivity index (χ0) is 11.4. The Hall–Kier alpha value is -1.08. The quantitative estimate of drug-likeness (QED) is 0.743. The van der Waals surface area contributed by atoms with Gasteiger partial charge in [0, 0.05) is 6.04 Å². The average Bonchev–Trinajstić information content (AvgIpc) is 2.75. The smallest absolute Gasteiger partial charge is 0.0136 e. The van der Waals surface area contributed by atoms with Crippen molar-refractivity contribution in [3.63, 3.8) is 0 Å². The van der Waals surface area contributed by atoms with Gasteiger partial charge in [-0.3, -0.25) is 0 Å². The van der Waals surface area contributed by atoms with Gasteiger partial charge in [-0.2, -0.15) is 0 Å². The standard InChI is InChI=1S/C15H21N/c1-3-4-9-15(16-2)14-11-10-12-7-5-6-8-13(12)14/h3,5-8,14-16H,1,4,9-11H2,2H3. The highest BCUT2D eigenvalue weighted by atomic mass is 14.9. The lowest BCUT2D eigenvalue weighted by atomic mass is 9.90. The summed E-state index contributed by atoms with van der Waals surface area (Å²) in [5, 5.41) is 3.47. The first-order valence-corrected chi connectivity index (χ1v) is 6.22. The van der Waals surface area contributed by atoms with Crippen LogP contribution in [0.15, 0.2) is 36.9 Å². The van der Waals surface area contributed by atoms with Crippen molar-refractivity contribution in [2.24, 2.45) is 0 Å². The minimum atomic E-state index is 0.599. The monoisotopic (exact) mass is 215 g/mol. The van der Waals surface area contributed by atoms with E-state index in [2.05, 4.69) is 43.2 Å². The third kappa shape index (κ3) is 2.19. The average molecular weight is 215 g/mol.